The fraction of sp³-hybridized carbons (Fsp3) is 0. The third-order valence-corrected chi connectivity index (χ3v) is 2.62. The molecule has 84 valence electrons. The van der Waals surface area contributed by atoms with Crippen molar-refractivity contribution < 1.29 is 9.13 Å². The Hall–Kier alpha value is -1.94. The van der Waals surface area contributed by atoms with Crippen LogP contribution < -0.4 is 4.74 Å². The molecule has 1 aliphatic rings. The first-order chi connectivity index (χ1) is 8.24. The first kappa shape index (κ1) is 10.2. The van der Waals surface area contributed by atoms with Gasteiger partial charge in [0.2, 0.25) is 5.88 Å². The maximum Gasteiger partial charge on any atom is 0.229 e. The van der Waals surface area contributed by atoms with Crippen molar-refractivity contribution in [2.45, 2.75) is 0 Å². The number of pyridine rings is 1. The predicted molar refractivity (Wildman–Crippen MR) is 62.8 cm³/mol. The number of aliphatic imine (C=N–C) groups is 1. The molecule has 0 bridgehead atoms. The highest BCUT2D eigenvalue weighted by molar-refractivity contribution is 6.70. The Morgan fingerprint density at radius 2 is 2.06 bits per heavy atom. The Balaban J connectivity index is 2.24. The zero-order chi connectivity index (χ0) is 11.8. The monoisotopic (exact) mass is 248 g/mol. The molecule has 0 aliphatic carbocycles. The van der Waals surface area contributed by atoms with E-state index in [1.165, 1.54) is 6.07 Å². The van der Waals surface area contributed by atoms with Crippen LogP contribution in [0, 0.1) is 5.82 Å². The van der Waals surface area contributed by atoms with Gasteiger partial charge in [0.15, 0.2) is 5.75 Å². The van der Waals surface area contributed by atoms with Gasteiger partial charge in [-0.1, -0.05) is 23.7 Å². The summed E-state index contributed by atoms with van der Waals surface area (Å²) in [5.41, 5.74) is 0.943. The highest BCUT2D eigenvalue weighted by Crippen LogP contribution is 2.36. The molecule has 0 fully saturated rings. The second-order valence-corrected chi connectivity index (χ2v) is 3.84. The molecule has 0 saturated carbocycles. The van der Waals surface area contributed by atoms with Crippen molar-refractivity contribution in [1.29, 1.82) is 0 Å². The number of ether oxygens (including phenoxy) is 1. The predicted octanol–water partition coefficient (Wildman–Crippen LogP) is 3.64. The molecular formula is C12H6ClFN2O. The van der Waals surface area contributed by atoms with Crippen LogP contribution in [-0.4, -0.2) is 10.2 Å². The van der Waals surface area contributed by atoms with E-state index in [4.69, 9.17) is 16.3 Å². The summed E-state index contributed by atoms with van der Waals surface area (Å²) in [6.45, 7) is 0. The van der Waals surface area contributed by atoms with E-state index in [0.717, 1.165) is 6.20 Å². The van der Waals surface area contributed by atoms with Crippen molar-refractivity contribution in [3.8, 4) is 11.6 Å². The Labute approximate surface area is 102 Å². The third-order valence-electron chi connectivity index (χ3n) is 2.33. The van der Waals surface area contributed by atoms with Gasteiger partial charge >= 0.3 is 0 Å². The molecule has 2 heterocycles. The van der Waals surface area contributed by atoms with Crippen LogP contribution in [0.1, 0.15) is 5.56 Å². The summed E-state index contributed by atoms with van der Waals surface area (Å²) < 4.78 is 18.6. The second kappa shape index (κ2) is 3.82. The van der Waals surface area contributed by atoms with Crippen molar-refractivity contribution in [2.75, 3.05) is 0 Å². The molecule has 0 radical (unpaired) electrons. The van der Waals surface area contributed by atoms with Crippen molar-refractivity contribution in [3.05, 3.63) is 47.9 Å². The zero-order valence-electron chi connectivity index (χ0n) is 8.52. The summed E-state index contributed by atoms with van der Waals surface area (Å²) in [5.74, 6) is 0.320. The van der Waals surface area contributed by atoms with Crippen molar-refractivity contribution in [1.82, 2.24) is 4.98 Å². The maximum absolute atomic E-state index is 13.1. The third kappa shape index (κ3) is 1.76. The molecular weight excluding hydrogens is 243 g/mol. The molecule has 2 aromatic rings. The summed E-state index contributed by atoms with van der Waals surface area (Å²) >= 11 is 6.01. The van der Waals surface area contributed by atoms with Gasteiger partial charge in [-0.2, -0.15) is 0 Å². The fourth-order valence-corrected chi connectivity index (χ4v) is 1.79. The largest absolute Gasteiger partial charge is 0.436 e. The molecule has 3 nitrogen and oxygen atoms in total. The number of aromatic nitrogens is 1. The van der Waals surface area contributed by atoms with E-state index in [1.54, 1.807) is 12.1 Å². The van der Waals surface area contributed by atoms with Gasteiger partial charge in [0.1, 0.15) is 16.7 Å². The molecule has 0 unspecified atom stereocenters. The molecule has 0 amide bonds. The van der Waals surface area contributed by atoms with Crippen molar-refractivity contribution in [2.24, 2.45) is 4.99 Å². The van der Waals surface area contributed by atoms with E-state index in [9.17, 15) is 4.39 Å². The van der Waals surface area contributed by atoms with Crippen LogP contribution in [0.3, 0.4) is 0 Å². The van der Waals surface area contributed by atoms with Gasteiger partial charge in [-0.05, 0) is 18.2 Å². The van der Waals surface area contributed by atoms with Gasteiger partial charge in [0.05, 0.1) is 11.8 Å². The van der Waals surface area contributed by atoms with Gasteiger partial charge in [-0.25, -0.2) is 14.4 Å². The summed E-state index contributed by atoms with van der Waals surface area (Å²) in [6.07, 6.45) is 1.08. The Kier molecular flexibility index (Phi) is 2.30. The summed E-state index contributed by atoms with van der Waals surface area (Å²) in [7, 11) is 0. The number of para-hydroxylation sites is 2. The Morgan fingerprint density at radius 3 is 2.94 bits per heavy atom. The molecule has 3 rings (SSSR count). The average Bonchev–Trinajstić information content (AvgIpc) is 2.46. The first-order valence-corrected chi connectivity index (χ1v) is 5.29. The van der Waals surface area contributed by atoms with Crippen LogP contribution in [0.4, 0.5) is 10.1 Å². The number of rotatable bonds is 0. The lowest BCUT2D eigenvalue weighted by atomic mass is 10.3. The summed E-state index contributed by atoms with van der Waals surface area (Å²) in [4.78, 5) is 8.04. The lowest BCUT2D eigenvalue weighted by molar-refractivity contribution is 0.461. The standard InChI is InChI=1S/C12H6ClFN2O/c13-11-8-5-7(14)6-15-12(8)17-10-4-2-1-3-9(10)16-11/h1-6H. The molecule has 17 heavy (non-hydrogen) atoms. The molecule has 0 spiro atoms. The van der Waals surface area contributed by atoms with Crippen LogP contribution in [0.5, 0.6) is 11.6 Å². The van der Waals surface area contributed by atoms with Crippen LogP contribution in [0.2, 0.25) is 0 Å². The van der Waals surface area contributed by atoms with Gasteiger partial charge in [-0.15, -0.1) is 0 Å². The van der Waals surface area contributed by atoms with E-state index >= 15 is 0 Å². The molecule has 1 aromatic heterocycles. The normalized spacial score (nSPS) is 12.9. The molecule has 0 saturated heterocycles. The van der Waals surface area contributed by atoms with E-state index in [0.29, 0.717) is 17.0 Å². The SMILES string of the molecule is Fc1cnc2c(c1)C(Cl)=Nc1ccccc1O2. The minimum atomic E-state index is -0.480. The minimum Gasteiger partial charge on any atom is -0.436 e. The van der Waals surface area contributed by atoms with E-state index in [-0.39, 0.29) is 11.1 Å². The highest BCUT2D eigenvalue weighted by Gasteiger charge is 2.18. The Bertz CT molecular complexity index is 628. The Morgan fingerprint density at radius 1 is 1.24 bits per heavy atom. The van der Waals surface area contributed by atoms with E-state index in [2.05, 4.69) is 9.98 Å². The fourth-order valence-electron chi connectivity index (χ4n) is 1.56. The van der Waals surface area contributed by atoms with Gasteiger partial charge < -0.3 is 4.74 Å². The lowest BCUT2D eigenvalue weighted by Crippen LogP contribution is -1.97. The second-order valence-electron chi connectivity index (χ2n) is 3.48. The highest BCUT2D eigenvalue weighted by atomic mass is 35.5. The maximum atomic E-state index is 13.1. The number of fused-ring (bicyclic) bond motifs is 2. The van der Waals surface area contributed by atoms with Crippen molar-refractivity contribution in [3.63, 3.8) is 0 Å². The van der Waals surface area contributed by atoms with Gasteiger partial charge in [-0.3, -0.25) is 0 Å². The molecule has 0 atom stereocenters. The number of hydrogen-bond acceptors (Lipinski definition) is 3. The number of nitrogens with zero attached hydrogens (tertiary/aromatic N) is 2. The first-order valence-electron chi connectivity index (χ1n) is 4.91. The van der Waals surface area contributed by atoms with Gasteiger partial charge in [0, 0.05) is 0 Å². The smallest absolute Gasteiger partial charge is 0.229 e. The lowest BCUT2D eigenvalue weighted by Gasteiger charge is -2.05. The molecule has 1 aromatic carbocycles. The average molecular weight is 249 g/mol. The number of halogens is 2. The summed E-state index contributed by atoms with van der Waals surface area (Å²) in [6, 6.07) is 8.40. The zero-order valence-corrected chi connectivity index (χ0v) is 9.28. The van der Waals surface area contributed by atoms with Crippen molar-refractivity contribution >= 4 is 22.5 Å². The molecule has 5 heteroatoms. The summed E-state index contributed by atoms with van der Waals surface area (Å²) in [5, 5.41) is 0.164. The van der Waals surface area contributed by atoms with Gasteiger partial charge in [0.25, 0.3) is 0 Å². The topological polar surface area (TPSA) is 34.5 Å². The molecule has 0 N–H and O–H groups in total. The van der Waals surface area contributed by atoms with Crippen LogP contribution in [0.15, 0.2) is 41.5 Å². The number of benzene rings is 1. The van der Waals surface area contributed by atoms with Crippen LogP contribution in [0.25, 0.3) is 0 Å². The number of hydrogen-bond donors (Lipinski definition) is 0. The van der Waals surface area contributed by atoms with E-state index < -0.39 is 5.82 Å². The minimum absolute atomic E-state index is 0.164. The van der Waals surface area contributed by atoms with Crippen LogP contribution >= 0.6 is 11.6 Å². The van der Waals surface area contributed by atoms with E-state index in [1.807, 2.05) is 12.1 Å². The molecule has 1 aliphatic heterocycles. The quantitative estimate of drug-likeness (QED) is 0.713. The van der Waals surface area contributed by atoms with Crippen LogP contribution in [-0.2, 0) is 0 Å².